The van der Waals surface area contributed by atoms with Gasteiger partial charge >= 0.3 is 5.97 Å². The van der Waals surface area contributed by atoms with Gasteiger partial charge in [0, 0.05) is 5.02 Å². The molecule has 0 aromatic heterocycles. The van der Waals surface area contributed by atoms with Gasteiger partial charge in [0.1, 0.15) is 0 Å². The van der Waals surface area contributed by atoms with E-state index in [4.69, 9.17) is 21.8 Å². The second kappa shape index (κ2) is 5.21. The Morgan fingerprint density at radius 3 is 2.44 bits per heavy atom. The molecule has 0 aliphatic heterocycles. The van der Waals surface area contributed by atoms with Gasteiger partial charge in [-0.25, -0.2) is 4.79 Å². The van der Waals surface area contributed by atoms with Crippen LogP contribution in [0.1, 0.15) is 15.9 Å². The van der Waals surface area contributed by atoms with E-state index in [-0.39, 0.29) is 12.2 Å². The van der Waals surface area contributed by atoms with E-state index in [0.29, 0.717) is 10.6 Å². The summed E-state index contributed by atoms with van der Waals surface area (Å²) in [6, 6.07) is 11.9. The van der Waals surface area contributed by atoms with Crippen LogP contribution in [0, 0.1) is 0 Å². The maximum atomic E-state index is 10.9. The third-order valence-corrected chi connectivity index (χ3v) is 3.02. The summed E-state index contributed by atoms with van der Waals surface area (Å²) in [5.74, 6) is -0.963. The lowest BCUT2D eigenvalue weighted by Gasteiger charge is -2.06. The summed E-state index contributed by atoms with van der Waals surface area (Å²) in [4.78, 5) is 10.9. The molecule has 18 heavy (non-hydrogen) atoms. The van der Waals surface area contributed by atoms with E-state index >= 15 is 0 Å². The van der Waals surface area contributed by atoms with Crippen molar-refractivity contribution in [1.82, 2.24) is 0 Å². The van der Waals surface area contributed by atoms with Crippen molar-refractivity contribution in [2.24, 2.45) is 0 Å². The molecule has 2 N–H and O–H groups in total. The largest absolute Gasteiger partial charge is 0.478 e. The van der Waals surface area contributed by atoms with E-state index in [9.17, 15) is 4.79 Å². The van der Waals surface area contributed by atoms with Crippen LogP contribution in [0.4, 0.5) is 0 Å². The van der Waals surface area contributed by atoms with Crippen LogP contribution in [0.25, 0.3) is 11.1 Å². The number of benzene rings is 2. The van der Waals surface area contributed by atoms with Gasteiger partial charge in [0.15, 0.2) is 0 Å². The first kappa shape index (κ1) is 12.6. The number of aliphatic hydroxyl groups is 1. The lowest BCUT2D eigenvalue weighted by atomic mass is 10.0. The normalized spacial score (nSPS) is 10.3. The lowest BCUT2D eigenvalue weighted by Crippen LogP contribution is -1.95. The molecular weight excluding hydrogens is 252 g/mol. The van der Waals surface area contributed by atoms with Crippen LogP contribution in [0.2, 0.25) is 5.02 Å². The highest BCUT2D eigenvalue weighted by Gasteiger charge is 2.06. The van der Waals surface area contributed by atoms with Crippen LogP contribution in [-0.4, -0.2) is 16.2 Å². The average Bonchev–Trinajstić information content (AvgIpc) is 2.38. The molecule has 0 spiro atoms. The van der Waals surface area contributed by atoms with Gasteiger partial charge in [0.2, 0.25) is 0 Å². The van der Waals surface area contributed by atoms with Gasteiger partial charge in [0.05, 0.1) is 12.2 Å². The summed E-state index contributed by atoms with van der Waals surface area (Å²) in [5, 5.41) is 18.4. The minimum atomic E-state index is -0.963. The Kier molecular flexibility index (Phi) is 3.65. The summed E-state index contributed by atoms with van der Waals surface area (Å²) in [6.07, 6.45) is 0. The Labute approximate surface area is 109 Å². The molecule has 0 bridgehead atoms. The van der Waals surface area contributed by atoms with Crippen LogP contribution in [0.15, 0.2) is 42.5 Å². The Morgan fingerprint density at radius 2 is 1.83 bits per heavy atom. The molecule has 0 aliphatic rings. The first-order valence-electron chi connectivity index (χ1n) is 5.35. The van der Waals surface area contributed by atoms with E-state index in [1.165, 1.54) is 6.07 Å². The molecule has 0 heterocycles. The molecule has 2 rings (SSSR count). The Bertz CT molecular complexity index is 593. The van der Waals surface area contributed by atoms with Gasteiger partial charge < -0.3 is 10.2 Å². The van der Waals surface area contributed by atoms with Crippen molar-refractivity contribution in [2.45, 2.75) is 6.61 Å². The summed E-state index contributed by atoms with van der Waals surface area (Å²) < 4.78 is 0. The molecular formula is C14H11ClO3. The highest BCUT2D eigenvalue weighted by molar-refractivity contribution is 6.31. The van der Waals surface area contributed by atoms with E-state index in [0.717, 1.165) is 11.1 Å². The Hall–Kier alpha value is -1.84. The molecule has 0 fully saturated rings. The summed E-state index contributed by atoms with van der Waals surface area (Å²) in [5.41, 5.74) is 2.48. The zero-order valence-electron chi connectivity index (χ0n) is 9.43. The summed E-state index contributed by atoms with van der Waals surface area (Å²) in [6.45, 7) is -0.117. The molecule has 0 aliphatic carbocycles. The average molecular weight is 263 g/mol. The Morgan fingerprint density at radius 1 is 1.11 bits per heavy atom. The smallest absolute Gasteiger partial charge is 0.335 e. The molecule has 3 nitrogen and oxygen atoms in total. The minimum Gasteiger partial charge on any atom is -0.478 e. The van der Waals surface area contributed by atoms with E-state index < -0.39 is 5.97 Å². The number of hydrogen-bond acceptors (Lipinski definition) is 2. The van der Waals surface area contributed by atoms with Crippen molar-refractivity contribution in [2.75, 3.05) is 0 Å². The second-order valence-corrected chi connectivity index (χ2v) is 4.26. The number of rotatable bonds is 3. The van der Waals surface area contributed by atoms with Crippen LogP contribution in [0.5, 0.6) is 0 Å². The lowest BCUT2D eigenvalue weighted by molar-refractivity contribution is 0.0697. The molecule has 92 valence electrons. The first-order valence-corrected chi connectivity index (χ1v) is 5.72. The van der Waals surface area contributed by atoms with Crippen molar-refractivity contribution in [3.63, 3.8) is 0 Å². The van der Waals surface area contributed by atoms with Crippen LogP contribution in [0.3, 0.4) is 0 Å². The molecule has 4 heteroatoms. The number of aliphatic hydroxyl groups excluding tert-OH is 1. The highest BCUT2D eigenvalue weighted by Crippen LogP contribution is 2.26. The highest BCUT2D eigenvalue weighted by atomic mass is 35.5. The number of hydrogen-bond donors (Lipinski definition) is 2. The van der Waals surface area contributed by atoms with Gasteiger partial charge in [-0.1, -0.05) is 35.9 Å². The van der Waals surface area contributed by atoms with E-state index in [1.807, 2.05) is 6.07 Å². The van der Waals surface area contributed by atoms with Crippen LogP contribution < -0.4 is 0 Å². The van der Waals surface area contributed by atoms with Crippen LogP contribution >= 0.6 is 11.6 Å². The molecule has 0 atom stereocenters. The van der Waals surface area contributed by atoms with Gasteiger partial charge in [0.25, 0.3) is 0 Å². The summed E-state index contributed by atoms with van der Waals surface area (Å²) in [7, 11) is 0. The van der Waals surface area contributed by atoms with Crippen molar-refractivity contribution >= 4 is 17.6 Å². The monoisotopic (exact) mass is 262 g/mol. The van der Waals surface area contributed by atoms with Gasteiger partial charge in [-0.05, 0) is 34.9 Å². The SMILES string of the molecule is O=C(O)c1cccc(-c2ccc(CO)c(Cl)c2)c1. The molecule has 2 aromatic rings. The van der Waals surface area contributed by atoms with Crippen LogP contribution in [-0.2, 0) is 6.61 Å². The number of carbonyl (C=O) groups is 1. The maximum absolute atomic E-state index is 10.9. The number of halogens is 1. The van der Waals surface area contributed by atoms with E-state index in [2.05, 4.69) is 0 Å². The van der Waals surface area contributed by atoms with Crippen molar-refractivity contribution in [1.29, 1.82) is 0 Å². The third kappa shape index (κ3) is 2.53. The predicted octanol–water partition coefficient (Wildman–Crippen LogP) is 3.20. The fourth-order valence-corrected chi connectivity index (χ4v) is 1.93. The quantitative estimate of drug-likeness (QED) is 0.893. The topological polar surface area (TPSA) is 57.5 Å². The molecule has 0 saturated carbocycles. The maximum Gasteiger partial charge on any atom is 0.335 e. The minimum absolute atomic E-state index is 0.117. The third-order valence-electron chi connectivity index (χ3n) is 2.67. The zero-order chi connectivity index (χ0) is 13.1. The van der Waals surface area contributed by atoms with Crippen molar-refractivity contribution in [3.8, 4) is 11.1 Å². The van der Waals surface area contributed by atoms with Crippen molar-refractivity contribution in [3.05, 3.63) is 58.6 Å². The fourth-order valence-electron chi connectivity index (χ4n) is 1.69. The van der Waals surface area contributed by atoms with Crippen molar-refractivity contribution < 1.29 is 15.0 Å². The molecule has 0 amide bonds. The molecule has 0 radical (unpaired) electrons. The molecule has 0 saturated heterocycles. The van der Waals surface area contributed by atoms with Gasteiger partial charge in [-0.3, -0.25) is 0 Å². The zero-order valence-corrected chi connectivity index (χ0v) is 10.2. The van der Waals surface area contributed by atoms with Gasteiger partial charge in [-0.2, -0.15) is 0 Å². The fraction of sp³-hybridized carbons (Fsp3) is 0.0714. The Balaban J connectivity index is 2.45. The number of carboxylic acid groups (broad SMARTS) is 1. The number of carboxylic acids is 1. The first-order chi connectivity index (χ1) is 8.61. The molecule has 2 aromatic carbocycles. The summed E-state index contributed by atoms with van der Waals surface area (Å²) >= 11 is 6.01. The standard InChI is InChI=1S/C14H11ClO3/c15-13-7-10(4-5-12(13)8-16)9-2-1-3-11(6-9)14(17)18/h1-7,16H,8H2,(H,17,18). The second-order valence-electron chi connectivity index (χ2n) is 3.85. The molecule has 0 unspecified atom stereocenters. The number of aromatic carboxylic acids is 1. The van der Waals surface area contributed by atoms with Gasteiger partial charge in [-0.15, -0.1) is 0 Å². The predicted molar refractivity (Wildman–Crippen MR) is 69.8 cm³/mol. The van der Waals surface area contributed by atoms with E-state index in [1.54, 1.807) is 30.3 Å².